The molecule has 0 atom stereocenters. The monoisotopic (exact) mass is 435 g/mol. The maximum Gasteiger partial charge on any atom is 0.253 e. The molecule has 2 amide bonds. The zero-order chi connectivity index (χ0) is 21.6. The summed E-state index contributed by atoms with van der Waals surface area (Å²) in [6, 6.07) is 17.4. The van der Waals surface area contributed by atoms with Gasteiger partial charge in [0.15, 0.2) is 5.16 Å². The summed E-state index contributed by atoms with van der Waals surface area (Å²) in [5, 5.41) is 3.66. The number of hydrogen-bond donors (Lipinski definition) is 1. The van der Waals surface area contributed by atoms with Crippen LogP contribution in [0, 0.1) is 0 Å². The van der Waals surface area contributed by atoms with Gasteiger partial charge in [-0.1, -0.05) is 30.0 Å². The minimum Gasteiger partial charge on any atom is -0.368 e. The highest BCUT2D eigenvalue weighted by Crippen LogP contribution is 2.19. The molecule has 1 aliphatic rings. The molecule has 0 saturated carbocycles. The van der Waals surface area contributed by atoms with Crippen LogP contribution in [0.2, 0.25) is 0 Å². The predicted molar refractivity (Wildman–Crippen MR) is 124 cm³/mol. The second-order valence-electron chi connectivity index (χ2n) is 7.35. The Kier molecular flexibility index (Phi) is 6.57. The number of rotatable bonds is 6. The SMILES string of the molecule is Cn1ccnc1SCC(=O)Nc1ccc(C(=O)N2CCN(c3ccccc3)CC2)cc1. The Bertz CT molecular complexity index is 1030. The van der Waals surface area contributed by atoms with Crippen molar-refractivity contribution < 1.29 is 9.59 Å². The third-order valence-electron chi connectivity index (χ3n) is 5.21. The molecular formula is C23H25N5O2S. The molecule has 1 saturated heterocycles. The van der Waals surface area contributed by atoms with Crippen LogP contribution in [-0.2, 0) is 11.8 Å². The van der Waals surface area contributed by atoms with Crippen LogP contribution in [-0.4, -0.2) is 58.2 Å². The molecular weight excluding hydrogens is 410 g/mol. The maximum absolute atomic E-state index is 12.8. The molecule has 0 unspecified atom stereocenters. The predicted octanol–water partition coefficient (Wildman–Crippen LogP) is 3.11. The smallest absolute Gasteiger partial charge is 0.253 e. The second kappa shape index (κ2) is 9.70. The highest BCUT2D eigenvalue weighted by atomic mass is 32.2. The normalized spacial score (nSPS) is 13.8. The molecule has 1 fully saturated rings. The number of imidazole rings is 1. The Morgan fingerprint density at radius 1 is 1.00 bits per heavy atom. The first kappa shape index (κ1) is 21.0. The molecule has 31 heavy (non-hydrogen) atoms. The number of aryl methyl sites for hydroxylation is 1. The largest absolute Gasteiger partial charge is 0.368 e. The summed E-state index contributed by atoms with van der Waals surface area (Å²) in [6.07, 6.45) is 3.55. The van der Waals surface area contributed by atoms with Crippen LogP contribution in [0.3, 0.4) is 0 Å². The first-order valence-electron chi connectivity index (χ1n) is 10.2. The Morgan fingerprint density at radius 3 is 2.35 bits per heavy atom. The Labute approximate surface area is 186 Å². The second-order valence-corrected chi connectivity index (χ2v) is 8.29. The van der Waals surface area contributed by atoms with E-state index in [2.05, 4.69) is 27.3 Å². The molecule has 4 rings (SSSR count). The number of aromatic nitrogens is 2. The average Bonchev–Trinajstić information content (AvgIpc) is 3.23. The van der Waals surface area contributed by atoms with E-state index in [-0.39, 0.29) is 17.6 Å². The van der Waals surface area contributed by atoms with Gasteiger partial charge in [-0.15, -0.1) is 0 Å². The fourth-order valence-corrected chi connectivity index (χ4v) is 4.24. The highest BCUT2D eigenvalue weighted by molar-refractivity contribution is 7.99. The number of thioether (sulfide) groups is 1. The summed E-state index contributed by atoms with van der Waals surface area (Å²) in [6.45, 7) is 3.02. The van der Waals surface area contributed by atoms with Crippen LogP contribution in [0.1, 0.15) is 10.4 Å². The van der Waals surface area contributed by atoms with E-state index in [1.165, 1.54) is 17.4 Å². The zero-order valence-electron chi connectivity index (χ0n) is 17.4. The Hall–Kier alpha value is -3.26. The van der Waals surface area contributed by atoms with Crippen molar-refractivity contribution >= 4 is 35.0 Å². The van der Waals surface area contributed by atoms with E-state index < -0.39 is 0 Å². The number of carbonyl (C=O) groups excluding carboxylic acids is 2. The first-order valence-corrected chi connectivity index (χ1v) is 11.2. The summed E-state index contributed by atoms with van der Waals surface area (Å²) < 4.78 is 1.87. The van der Waals surface area contributed by atoms with Crippen molar-refractivity contribution in [2.45, 2.75) is 5.16 Å². The van der Waals surface area contributed by atoms with Crippen molar-refractivity contribution in [2.24, 2.45) is 7.05 Å². The molecule has 8 heteroatoms. The van der Waals surface area contributed by atoms with Crippen molar-refractivity contribution in [1.29, 1.82) is 0 Å². The molecule has 1 aliphatic heterocycles. The van der Waals surface area contributed by atoms with Crippen LogP contribution >= 0.6 is 11.8 Å². The molecule has 0 aliphatic carbocycles. The van der Waals surface area contributed by atoms with E-state index in [4.69, 9.17) is 0 Å². The van der Waals surface area contributed by atoms with Gasteiger partial charge in [0.05, 0.1) is 5.75 Å². The van der Waals surface area contributed by atoms with Gasteiger partial charge in [0.25, 0.3) is 5.91 Å². The van der Waals surface area contributed by atoms with Crippen LogP contribution in [0.15, 0.2) is 72.1 Å². The standard InChI is InChI=1S/C23H25N5O2S/c1-26-12-11-24-23(26)31-17-21(29)25-19-9-7-18(8-10-19)22(30)28-15-13-27(14-16-28)20-5-3-2-4-6-20/h2-12H,13-17H2,1H3,(H,25,29). The Balaban J connectivity index is 1.27. The van der Waals surface area contributed by atoms with Crippen LogP contribution in [0.4, 0.5) is 11.4 Å². The third-order valence-corrected chi connectivity index (χ3v) is 6.27. The molecule has 0 spiro atoms. The van der Waals surface area contributed by atoms with Gasteiger partial charge in [0.2, 0.25) is 5.91 Å². The van der Waals surface area contributed by atoms with Gasteiger partial charge in [-0.2, -0.15) is 0 Å². The number of benzene rings is 2. The molecule has 3 aromatic rings. The lowest BCUT2D eigenvalue weighted by molar-refractivity contribution is -0.113. The molecule has 0 bridgehead atoms. The number of amides is 2. The molecule has 2 aromatic carbocycles. The van der Waals surface area contributed by atoms with Gasteiger partial charge in [-0.25, -0.2) is 4.98 Å². The van der Waals surface area contributed by atoms with Gasteiger partial charge in [0, 0.05) is 62.6 Å². The van der Waals surface area contributed by atoms with Crippen molar-refractivity contribution in [3.63, 3.8) is 0 Å². The van der Waals surface area contributed by atoms with E-state index >= 15 is 0 Å². The van der Waals surface area contributed by atoms with Gasteiger partial charge in [0.1, 0.15) is 0 Å². The maximum atomic E-state index is 12.8. The molecule has 7 nitrogen and oxygen atoms in total. The number of para-hydroxylation sites is 1. The van der Waals surface area contributed by atoms with E-state index in [1.807, 2.05) is 40.9 Å². The van der Waals surface area contributed by atoms with Crippen molar-refractivity contribution in [1.82, 2.24) is 14.5 Å². The van der Waals surface area contributed by atoms with Crippen LogP contribution < -0.4 is 10.2 Å². The summed E-state index contributed by atoms with van der Waals surface area (Å²) >= 11 is 1.38. The number of carbonyl (C=O) groups is 2. The molecule has 1 aromatic heterocycles. The number of nitrogens with one attached hydrogen (secondary N) is 1. The highest BCUT2D eigenvalue weighted by Gasteiger charge is 2.22. The van der Waals surface area contributed by atoms with E-state index in [9.17, 15) is 9.59 Å². The quantitative estimate of drug-likeness (QED) is 0.603. The lowest BCUT2D eigenvalue weighted by Crippen LogP contribution is -2.48. The zero-order valence-corrected chi connectivity index (χ0v) is 18.2. The van der Waals surface area contributed by atoms with Crippen molar-refractivity contribution in [3.8, 4) is 0 Å². The molecule has 160 valence electrons. The van der Waals surface area contributed by atoms with Crippen LogP contribution in [0.25, 0.3) is 0 Å². The van der Waals surface area contributed by atoms with Gasteiger partial charge in [-0.3, -0.25) is 9.59 Å². The fraction of sp³-hybridized carbons (Fsp3) is 0.261. The van der Waals surface area contributed by atoms with Crippen LogP contribution in [0.5, 0.6) is 0 Å². The number of anilines is 2. The molecule has 2 heterocycles. The average molecular weight is 436 g/mol. The van der Waals surface area contributed by atoms with Crippen molar-refractivity contribution in [3.05, 3.63) is 72.6 Å². The number of nitrogens with zero attached hydrogens (tertiary/aromatic N) is 4. The Morgan fingerprint density at radius 2 is 1.71 bits per heavy atom. The van der Waals surface area contributed by atoms with Gasteiger partial charge in [-0.05, 0) is 36.4 Å². The lowest BCUT2D eigenvalue weighted by atomic mass is 10.1. The lowest BCUT2D eigenvalue weighted by Gasteiger charge is -2.36. The summed E-state index contributed by atoms with van der Waals surface area (Å²) in [5.74, 6) is 0.192. The summed E-state index contributed by atoms with van der Waals surface area (Å²) in [5.41, 5.74) is 2.50. The van der Waals surface area contributed by atoms with Crippen molar-refractivity contribution in [2.75, 3.05) is 42.1 Å². The fourth-order valence-electron chi connectivity index (χ4n) is 3.50. The van der Waals surface area contributed by atoms with Gasteiger partial charge < -0.3 is 19.7 Å². The van der Waals surface area contributed by atoms with E-state index in [1.54, 1.807) is 30.5 Å². The van der Waals surface area contributed by atoms with E-state index in [0.717, 1.165) is 18.2 Å². The summed E-state index contributed by atoms with van der Waals surface area (Å²) in [4.78, 5) is 33.4. The van der Waals surface area contributed by atoms with E-state index in [0.29, 0.717) is 24.3 Å². The molecule has 0 radical (unpaired) electrons. The molecule has 1 N–H and O–H groups in total. The minimum atomic E-state index is -0.107. The topological polar surface area (TPSA) is 70.5 Å². The first-order chi connectivity index (χ1) is 15.1. The number of hydrogen-bond acceptors (Lipinski definition) is 5. The van der Waals surface area contributed by atoms with Gasteiger partial charge >= 0.3 is 0 Å². The summed E-state index contributed by atoms with van der Waals surface area (Å²) in [7, 11) is 1.89. The minimum absolute atomic E-state index is 0.0240. The number of piperazine rings is 1. The third kappa shape index (κ3) is 5.27.